The van der Waals surface area contributed by atoms with Crippen molar-refractivity contribution in [2.75, 3.05) is 7.11 Å². The summed E-state index contributed by atoms with van der Waals surface area (Å²) in [5.41, 5.74) is -1.74. The van der Waals surface area contributed by atoms with Crippen LogP contribution in [0.4, 0.5) is 0 Å². The highest BCUT2D eigenvalue weighted by Gasteiger charge is 2.32. The number of carboxylic acids is 1. The molecule has 0 aliphatic heterocycles. The Labute approximate surface area is 92.1 Å². The standard InChI is InChI=1S/C10H11ClO4/c1-10(14,9(12)13)6-3-4-8(15-2)7(11)5-6/h3-5,14H,1-2H3,(H,12,13). The molecular weight excluding hydrogens is 220 g/mol. The highest BCUT2D eigenvalue weighted by molar-refractivity contribution is 6.32. The number of carboxylic acid groups (broad SMARTS) is 1. The highest BCUT2D eigenvalue weighted by Crippen LogP contribution is 2.30. The van der Waals surface area contributed by atoms with E-state index in [-0.39, 0.29) is 10.6 Å². The summed E-state index contributed by atoms with van der Waals surface area (Å²) in [6, 6.07) is 4.34. The fourth-order valence-corrected chi connectivity index (χ4v) is 1.35. The van der Waals surface area contributed by atoms with Gasteiger partial charge in [0.25, 0.3) is 0 Å². The van der Waals surface area contributed by atoms with Crippen LogP contribution >= 0.6 is 11.6 Å². The summed E-state index contributed by atoms with van der Waals surface area (Å²) < 4.78 is 4.91. The lowest BCUT2D eigenvalue weighted by Gasteiger charge is -2.19. The lowest BCUT2D eigenvalue weighted by atomic mass is 9.96. The molecule has 4 nitrogen and oxygen atoms in total. The molecule has 2 N–H and O–H groups in total. The number of carbonyl (C=O) groups is 1. The Morgan fingerprint density at radius 2 is 2.13 bits per heavy atom. The molecule has 1 rings (SSSR count). The average molecular weight is 231 g/mol. The Bertz CT molecular complexity index is 387. The number of rotatable bonds is 3. The third kappa shape index (κ3) is 2.22. The van der Waals surface area contributed by atoms with Crippen LogP contribution in [0.15, 0.2) is 18.2 Å². The zero-order valence-electron chi connectivity index (χ0n) is 8.32. The van der Waals surface area contributed by atoms with E-state index >= 15 is 0 Å². The normalized spacial score (nSPS) is 14.4. The molecule has 1 aromatic rings. The van der Waals surface area contributed by atoms with Crippen molar-refractivity contribution in [2.45, 2.75) is 12.5 Å². The van der Waals surface area contributed by atoms with Crippen LogP contribution in [0.1, 0.15) is 12.5 Å². The van der Waals surface area contributed by atoms with Crippen LogP contribution in [0, 0.1) is 0 Å². The van der Waals surface area contributed by atoms with Crippen molar-refractivity contribution in [3.8, 4) is 5.75 Å². The molecule has 0 aromatic heterocycles. The van der Waals surface area contributed by atoms with Gasteiger partial charge in [-0.15, -0.1) is 0 Å². The van der Waals surface area contributed by atoms with E-state index in [1.165, 1.54) is 32.2 Å². The molecule has 1 atom stereocenters. The number of methoxy groups -OCH3 is 1. The molecule has 0 bridgehead atoms. The third-order valence-electron chi connectivity index (χ3n) is 2.13. The molecule has 0 aliphatic carbocycles. The van der Waals surface area contributed by atoms with Gasteiger partial charge in [-0.05, 0) is 24.6 Å². The van der Waals surface area contributed by atoms with E-state index in [2.05, 4.69) is 0 Å². The molecule has 0 heterocycles. The van der Waals surface area contributed by atoms with Crippen molar-refractivity contribution in [3.05, 3.63) is 28.8 Å². The summed E-state index contributed by atoms with van der Waals surface area (Å²) in [7, 11) is 1.45. The van der Waals surface area contributed by atoms with Gasteiger partial charge in [0.15, 0.2) is 5.60 Å². The second-order valence-corrected chi connectivity index (χ2v) is 3.63. The van der Waals surface area contributed by atoms with E-state index in [0.717, 1.165) is 0 Å². The maximum atomic E-state index is 10.8. The number of aliphatic carboxylic acids is 1. The fraction of sp³-hybridized carbons (Fsp3) is 0.300. The van der Waals surface area contributed by atoms with Crippen molar-refractivity contribution in [1.82, 2.24) is 0 Å². The van der Waals surface area contributed by atoms with Crippen LogP contribution in [-0.2, 0) is 10.4 Å². The molecule has 0 fully saturated rings. The van der Waals surface area contributed by atoms with Crippen LogP contribution in [0.5, 0.6) is 5.75 Å². The van der Waals surface area contributed by atoms with Crippen LogP contribution in [0.2, 0.25) is 5.02 Å². The van der Waals surface area contributed by atoms with Crippen molar-refractivity contribution >= 4 is 17.6 Å². The van der Waals surface area contributed by atoms with E-state index in [1.54, 1.807) is 0 Å². The SMILES string of the molecule is COc1ccc(C(C)(O)C(=O)O)cc1Cl. The van der Waals surface area contributed by atoms with Gasteiger partial charge in [0.2, 0.25) is 0 Å². The largest absolute Gasteiger partial charge is 0.495 e. The molecule has 5 heteroatoms. The summed E-state index contributed by atoms with van der Waals surface area (Å²) in [6.07, 6.45) is 0. The Hall–Kier alpha value is -1.26. The van der Waals surface area contributed by atoms with Crippen LogP contribution in [-0.4, -0.2) is 23.3 Å². The first-order valence-corrected chi connectivity index (χ1v) is 4.57. The minimum absolute atomic E-state index is 0.209. The Kier molecular flexibility index (Phi) is 3.21. The molecule has 0 saturated carbocycles. The van der Waals surface area contributed by atoms with E-state index in [1.807, 2.05) is 0 Å². The minimum Gasteiger partial charge on any atom is -0.495 e. The van der Waals surface area contributed by atoms with Gasteiger partial charge in [-0.25, -0.2) is 4.79 Å². The molecule has 15 heavy (non-hydrogen) atoms. The molecular formula is C10H11ClO4. The number of hydrogen-bond donors (Lipinski definition) is 2. The van der Waals surface area contributed by atoms with Crippen molar-refractivity contribution in [3.63, 3.8) is 0 Å². The second-order valence-electron chi connectivity index (χ2n) is 3.23. The summed E-state index contributed by atoms with van der Waals surface area (Å²) in [5, 5.41) is 18.7. The van der Waals surface area contributed by atoms with Gasteiger partial charge in [0.1, 0.15) is 5.75 Å². The van der Waals surface area contributed by atoms with E-state index in [0.29, 0.717) is 5.75 Å². The Balaban J connectivity index is 3.18. The Morgan fingerprint density at radius 3 is 2.53 bits per heavy atom. The fourth-order valence-electron chi connectivity index (χ4n) is 1.09. The number of ether oxygens (including phenoxy) is 1. The summed E-state index contributed by atoms with van der Waals surface area (Å²) in [4.78, 5) is 10.8. The van der Waals surface area contributed by atoms with Gasteiger partial charge >= 0.3 is 5.97 Å². The van der Waals surface area contributed by atoms with Crippen molar-refractivity contribution in [2.24, 2.45) is 0 Å². The number of halogens is 1. The van der Waals surface area contributed by atoms with Gasteiger partial charge < -0.3 is 14.9 Å². The average Bonchev–Trinajstić information content (AvgIpc) is 2.17. The van der Waals surface area contributed by atoms with Crippen LogP contribution in [0.3, 0.4) is 0 Å². The summed E-state index contributed by atoms with van der Waals surface area (Å²) in [6.45, 7) is 1.19. The van der Waals surface area contributed by atoms with E-state index in [4.69, 9.17) is 21.4 Å². The number of benzene rings is 1. The number of aliphatic hydroxyl groups is 1. The molecule has 1 aromatic carbocycles. The van der Waals surface area contributed by atoms with Gasteiger partial charge in [-0.1, -0.05) is 17.7 Å². The molecule has 0 saturated heterocycles. The maximum absolute atomic E-state index is 10.8. The molecule has 1 unspecified atom stereocenters. The third-order valence-corrected chi connectivity index (χ3v) is 2.43. The molecule has 82 valence electrons. The zero-order valence-corrected chi connectivity index (χ0v) is 9.08. The van der Waals surface area contributed by atoms with Crippen LogP contribution in [0.25, 0.3) is 0 Å². The first-order chi connectivity index (χ1) is 6.89. The second kappa shape index (κ2) is 4.08. The van der Waals surface area contributed by atoms with Crippen LogP contribution < -0.4 is 4.74 Å². The lowest BCUT2D eigenvalue weighted by molar-refractivity contribution is -0.157. The van der Waals surface area contributed by atoms with Gasteiger partial charge in [0, 0.05) is 0 Å². The first kappa shape index (κ1) is 11.8. The minimum atomic E-state index is -1.95. The lowest BCUT2D eigenvalue weighted by Crippen LogP contribution is -2.31. The predicted molar refractivity (Wildman–Crippen MR) is 55.2 cm³/mol. The quantitative estimate of drug-likeness (QED) is 0.829. The van der Waals surface area contributed by atoms with E-state index in [9.17, 15) is 9.90 Å². The van der Waals surface area contributed by atoms with Gasteiger partial charge in [-0.2, -0.15) is 0 Å². The highest BCUT2D eigenvalue weighted by atomic mass is 35.5. The topological polar surface area (TPSA) is 66.8 Å². The molecule has 0 aliphatic rings. The molecule has 0 spiro atoms. The van der Waals surface area contributed by atoms with Crippen molar-refractivity contribution in [1.29, 1.82) is 0 Å². The van der Waals surface area contributed by atoms with Crippen molar-refractivity contribution < 1.29 is 19.7 Å². The monoisotopic (exact) mass is 230 g/mol. The maximum Gasteiger partial charge on any atom is 0.340 e. The van der Waals surface area contributed by atoms with Gasteiger partial charge in [0.05, 0.1) is 12.1 Å². The summed E-state index contributed by atoms with van der Waals surface area (Å²) >= 11 is 5.81. The molecule has 0 amide bonds. The number of hydrogen-bond acceptors (Lipinski definition) is 3. The van der Waals surface area contributed by atoms with E-state index < -0.39 is 11.6 Å². The van der Waals surface area contributed by atoms with Gasteiger partial charge in [-0.3, -0.25) is 0 Å². The predicted octanol–water partition coefficient (Wildman–Crippen LogP) is 1.64. The smallest absolute Gasteiger partial charge is 0.340 e. The zero-order chi connectivity index (χ0) is 11.6. The first-order valence-electron chi connectivity index (χ1n) is 4.19. The Morgan fingerprint density at radius 1 is 1.53 bits per heavy atom. The molecule has 0 radical (unpaired) electrons. The summed E-state index contributed by atoms with van der Waals surface area (Å²) in [5.74, 6) is -0.898.